The fourth-order valence-corrected chi connectivity index (χ4v) is 3.16. The van der Waals surface area contributed by atoms with Crippen LogP contribution in [-0.4, -0.2) is 77.2 Å². The first kappa shape index (κ1) is 24.9. The van der Waals surface area contributed by atoms with Crippen molar-refractivity contribution in [3.05, 3.63) is 41.7 Å². The largest absolute Gasteiger partial charge is 0.497 e. The van der Waals surface area contributed by atoms with Crippen LogP contribution in [0.2, 0.25) is 0 Å². The van der Waals surface area contributed by atoms with Crippen molar-refractivity contribution in [2.45, 2.75) is 43.9 Å². The Balaban J connectivity index is 2.28. The molecular formula is C20H29N5O7. The molecule has 0 saturated heterocycles. The van der Waals surface area contributed by atoms with Crippen LogP contribution in [0.15, 0.2) is 41.1 Å². The molecule has 5 atom stereocenters. The first-order valence-corrected chi connectivity index (χ1v) is 9.78. The number of carbonyl (C=O) groups is 2. The van der Waals surface area contributed by atoms with Crippen LogP contribution in [0.1, 0.15) is 12.5 Å². The first-order valence-electron chi connectivity index (χ1n) is 9.78. The summed E-state index contributed by atoms with van der Waals surface area (Å²) in [5.41, 5.74) is 11.8. The number of aliphatic hydroxyl groups is 3. The maximum Gasteiger partial charge on any atom is 0.286 e. The molecule has 1 aliphatic rings. The minimum Gasteiger partial charge on any atom is -0.497 e. The summed E-state index contributed by atoms with van der Waals surface area (Å²) in [4.78, 5) is 28.4. The number of rotatable bonds is 9. The summed E-state index contributed by atoms with van der Waals surface area (Å²) in [6.45, 7) is 0.626. The van der Waals surface area contributed by atoms with Crippen molar-refractivity contribution in [3.63, 3.8) is 0 Å². The van der Waals surface area contributed by atoms with E-state index in [-0.39, 0.29) is 18.3 Å². The standard InChI is InChI=1S/C20H29N5O7/c1-10(27)24-16-13(25-20(21)22)7-15(32-18(16)17(29)14(28)9-26)19(30)23-8-11-3-5-12(31-2)6-4-11/h3-7,13-14,16-18,26,28-29H,8-9H2,1-2H3,(H,23,30)(H,24,27)(H4,21,22,25)/t13-,14+,16+,17+,18+/m0/s1. The third-order valence-corrected chi connectivity index (χ3v) is 4.73. The number of nitrogens with zero attached hydrogens (tertiary/aromatic N) is 1. The number of aliphatic imine (C=N–C) groups is 1. The van der Waals surface area contributed by atoms with Crippen molar-refractivity contribution in [2.75, 3.05) is 13.7 Å². The topological polar surface area (TPSA) is 202 Å². The Hall–Kier alpha value is -3.35. The fraction of sp³-hybridized carbons (Fsp3) is 0.450. The third-order valence-electron chi connectivity index (χ3n) is 4.73. The predicted molar refractivity (Wildman–Crippen MR) is 114 cm³/mol. The van der Waals surface area contributed by atoms with Gasteiger partial charge in [-0.15, -0.1) is 0 Å². The molecule has 0 radical (unpaired) electrons. The Morgan fingerprint density at radius 1 is 1.25 bits per heavy atom. The summed E-state index contributed by atoms with van der Waals surface area (Å²) in [5.74, 6) is -0.983. The average Bonchev–Trinajstić information content (AvgIpc) is 2.77. The Morgan fingerprint density at radius 2 is 1.91 bits per heavy atom. The molecule has 0 aliphatic carbocycles. The van der Waals surface area contributed by atoms with Gasteiger partial charge in [0.05, 0.1) is 25.8 Å². The normalized spacial score (nSPS) is 21.9. The summed E-state index contributed by atoms with van der Waals surface area (Å²) in [6, 6.07) is 5.03. The molecule has 0 unspecified atom stereocenters. The third kappa shape index (κ3) is 6.57. The monoisotopic (exact) mass is 451 g/mol. The zero-order valence-corrected chi connectivity index (χ0v) is 17.8. The van der Waals surface area contributed by atoms with Crippen LogP contribution in [0.25, 0.3) is 0 Å². The van der Waals surface area contributed by atoms with Crippen molar-refractivity contribution in [1.29, 1.82) is 0 Å². The molecule has 9 N–H and O–H groups in total. The van der Waals surface area contributed by atoms with Gasteiger partial charge in [-0.25, -0.2) is 4.99 Å². The lowest BCUT2D eigenvalue weighted by Gasteiger charge is -2.39. The number of ether oxygens (including phenoxy) is 2. The van der Waals surface area contributed by atoms with E-state index in [0.29, 0.717) is 5.75 Å². The highest BCUT2D eigenvalue weighted by Crippen LogP contribution is 2.25. The van der Waals surface area contributed by atoms with Gasteiger partial charge in [-0.1, -0.05) is 12.1 Å². The molecule has 176 valence electrons. The average molecular weight is 451 g/mol. The van der Waals surface area contributed by atoms with Gasteiger partial charge in [0, 0.05) is 13.5 Å². The van der Waals surface area contributed by atoms with Crippen molar-refractivity contribution >= 4 is 17.8 Å². The Bertz CT molecular complexity index is 854. The number of nitrogens with one attached hydrogen (secondary N) is 2. The Labute approximate surface area is 184 Å². The van der Waals surface area contributed by atoms with Crippen molar-refractivity contribution in [2.24, 2.45) is 16.5 Å². The highest BCUT2D eigenvalue weighted by Gasteiger charge is 2.43. The van der Waals surface area contributed by atoms with Gasteiger partial charge >= 0.3 is 0 Å². The molecule has 0 saturated carbocycles. The van der Waals surface area contributed by atoms with Crippen LogP contribution >= 0.6 is 0 Å². The van der Waals surface area contributed by atoms with Crippen LogP contribution < -0.4 is 26.8 Å². The number of aliphatic hydroxyl groups excluding tert-OH is 3. The number of carbonyl (C=O) groups excluding carboxylic acids is 2. The molecule has 2 rings (SSSR count). The van der Waals surface area contributed by atoms with Gasteiger partial charge in [-0.2, -0.15) is 0 Å². The minimum atomic E-state index is -1.66. The maximum atomic E-state index is 12.7. The summed E-state index contributed by atoms with van der Waals surface area (Å²) in [7, 11) is 1.55. The van der Waals surface area contributed by atoms with Crippen LogP contribution in [0.4, 0.5) is 0 Å². The summed E-state index contributed by atoms with van der Waals surface area (Å²) >= 11 is 0. The Morgan fingerprint density at radius 3 is 2.44 bits per heavy atom. The smallest absolute Gasteiger partial charge is 0.286 e. The van der Waals surface area contributed by atoms with Crippen LogP contribution in [0, 0.1) is 0 Å². The SMILES string of the molecule is COc1ccc(CNC(=O)C2=C[C@H](N=C(N)N)[C@@H](NC(C)=O)[C@H]([C@H](O)[C@H](O)CO)O2)cc1. The molecule has 0 spiro atoms. The van der Waals surface area contributed by atoms with E-state index in [1.165, 1.54) is 13.0 Å². The molecule has 1 heterocycles. The number of methoxy groups -OCH3 is 1. The van der Waals surface area contributed by atoms with E-state index in [4.69, 9.17) is 20.9 Å². The van der Waals surface area contributed by atoms with E-state index in [1.807, 2.05) is 0 Å². The van der Waals surface area contributed by atoms with E-state index in [2.05, 4.69) is 15.6 Å². The second kappa shape index (κ2) is 11.3. The van der Waals surface area contributed by atoms with Gasteiger partial charge in [0.15, 0.2) is 11.7 Å². The number of hydrogen-bond acceptors (Lipinski definition) is 8. The van der Waals surface area contributed by atoms with E-state index >= 15 is 0 Å². The quantitative estimate of drug-likeness (QED) is 0.156. The lowest BCUT2D eigenvalue weighted by Crippen LogP contribution is -2.60. The first-order chi connectivity index (χ1) is 15.2. The second-order valence-electron chi connectivity index (χ2n) is 7.16. The van der Waals surface area contributed by atoms with E-state index < -0.39 is 48.8 Å². The van der Waals surface area contributed by atoms with Gasteiger partial charge < -0.3 is 46.9 Å². The molecule has 12 heteroatoms. The summed E-state index contributed by atoms with van der Waals surface area (Å²) < 4.78 is 10.7. The van der Waals surface area contributed by atoms with Gasteiger partial charge in [-0.05, 0) is 23.8 Å². The molecule has 0 aromatic heterocycles. The van der Waals surface area contributed by atoms with Gasteiger partial charge in [0.25, 0.3) is 5.91 Å². The highest BCUT2D eigenvalue weighted by atomic mass is 16.5. The molecule has 1 aromatic carbocycles. The van der Waals surface area contributed by atoms with Crippen molar-refractivity contribution in [1.82, 2.24) is 10.6 Å². The molecular weight excluding hydrogens is 422 g/mol. The van der Waals surface area contributed by atoms with E-state index in [9.17, 15) is 24.9 Å². The fourth-order valence-electron chi connectivity index (χ4n) is 3.16. The van der Waals surface area contributed by atoms with Crippen LogP contribution in [0.3, 0.4) is 0 Å². The molecule has 1 aliphatic heterocycles. The van der Waals surface area contributed by atoms with Gasteiger partial charge in [-0.3, -0.25) is 9.59 Å². The second-order valence-corrected chi connectivity index (χ2v) is 7.16. The van der Waals surface area contributed by atoms with Gasteiger partial charge in [0.1, 0.15) is 24.1 Å². The summed E-state index contributed by atoms with van der Waals surface area (Å²) in [6.07, 6.45) is -3.29. The molecule has 0 fully saturated rings. The van der Waals surface area contributed by atoms with E-state index in [0.717, 1.165) is 5.56 Å². The Kier molecular flexibility index (Phi) is 8.81. The van der Waals surface area contributed by atoms with E-state index in [1.54, 1.807) is 31.4 Å². The number of hydrogen-bond donors (Lipinski definition) is 7. The molecule has 0 bridgehead atoms. The molecule has 1 aromatic rings. The minimum absolute atomic E-state index is 0.165. The lowest BCUT2D eigenvalue weighted by molar-refractivity contribution is -0.134. The van der Waals surface area contributed by atoms with Crippen LogP contribution in [-0.2, 0) is 20.9 Å². The zero-order valence-electron chi connectivity index (χ0n) is 17.8. The molecule has 12 nitrogen and oxygen atoms in total. The number of nitrogens with two attached hydrogens (primary N) is 2. The summed E-state index contributed by atoms with van der Waals surface area (Å²) in [5, 5.41) is 34.8. The van der Waals surface area contributed by atoms with Crippen LogP contribution in [0.5, 0.6) is 5.75 Å². The maximum absolute atomic E-state index is 12.7. The van der Waals surface area contributed by atoms with Crippen molar-refractivity contribution in [3.8, 4) is 5.75 Å². The van der Waals surface area contributed by atoms with Gasteiger partial charge in [0.2, 0.25) is 5.91 Å². The predicted octanol–water partition coefficient (Wildman–Crippen LogP) is -2.55. The number of guanidine groups is 1. The molecule has 32 heavy (non-hydrogen) atoms. The molecule has 2 amide bonds. The van der Waals surface area contributed by atoms with Crippen molar-refractivity contribution < 1.29 is 34.4 Å². The number of benzene rings is 1. The lowest BCUT2D eigenvalue weighted by atomic mass is 9.92. The highest BCUT2D eigenvalue weighted by molar-refractivity contribution is 5.92. The zero-order chi connectivity index (χ0) is 23.8. The number of amides is 2.